The zero-order valence-electron chi connectivity index (χ0n) is 16.2. The first-order valence-electron chi connectivity index (χ1n) is 9.95. The predicted octanol–water partition coefficient (Wildman–Crippen LogP) is 3.03. The van der Waals surface area contributed by atoms with Gasteiger partial charge in [0.05, 0.1) is 6.04 Å². The van der Waals surface area contributed by atoms with Crippen LogP contribution in [0.25, 0.3) is 0 Å². The van der Waals surface area contributed by atoms with Gasteiger partial charge in [-0.15, -0.1) is 0 Å². The van der Waals surface area contributed by atoms with Gasteiger partial charge < -0.3 is 16.0 Å². The fourth-order valence-electron chi connectivity index (χ4n) is 3.29. The number of Topliss-reactive ketones (excluding diaryl/α,β-unsaturated/α-hetero) is 1. The number of nitrogens with two attached hydrogens (primary N) is 1. The monoisotopic (exact) mass is 382 g/mol. The molecule has 0 fully saturated rings. The van der Waals surface area contributed by atoms with Gasteiger partial charge in [0.1, 0.15) is 11.6 Å². The Hall–Kier alpha value is -1.60. The number of pyridine rings is 1. The Morgan fingerprint density at radius 2 is 2.04 bits per heavy atom. The van der Waals surface area contributed by atoms with Gasteiger partial charge in [0.25, 0.3) is 0 Å². The quantitative estimate of drug-likeness (QED) is 0.544. The number of alkyl halides is 2. The van der Waals surface area contributed by atoms with Crippen LogP contribution in [-0.2, 0) is 17.6 Å². The van der Waals surface area contributed by atoms with E-state index in [4.69, 9.17) is 10.7 Å². The highest BCUT2D eigenvalue weighted by molar-refractivity contribution is 5.81. The van der Waals surface area contributed by atoms with Crippen molar-refractivity contribution in [3.63, 3.8) is 0 Å². The minimum absolute atomic E-state index is 0.0593. The fraction of sp³-hybridized carbons (Fsp3) is 0.700. The van der Waals surface area contributed by atoms with Gasteiger partial charge in [0.2, 0.25) is 6.43 Å². The maximum atomic E-state index is 12.6. The van der Waals surface area contributed by atoms with E-state index in [1.165, 1.54) is 12.5 Å². The van der Waals surface area contributed by atoms with Crippen LogP contribution in [0.5, 0.6) is 0 Å². The number of rotatable bonds is 12. The first-order valence-corrected chi connectivity index (χ1v) is 9.95. The van der Waals surface area contributed by atoms with Crippen LogP contribution in [0.15, 0.2) is 12.1 Å². The van der Waals surface area contributed by atoms with E-state index in [-0.39, 0.29) is 12.2 Å². The lowest BCUT2D eigenvalue weighted by atomic mass is 10.1. The molecule has 0 bridgehead atoms. The van der Waals surface area contributed by atoms with E-state index in [9.17, 15) is 13.6 Å². The summed E-state index contributed by atoms with van der Waals surface area (Å²) >= 11 is 0. The largest absolute Gasteiger partial charge is 0.370 e. The van der Waals surface area contributed by atoms with Crippen molar-refractivity contribution >= 4 is 11.6 Å². The molecule has 1 aliphatic heterocycles. The number of anilines is 1. The van der Waals surface area contributed by atoms with Crippen molar-refractivity contribution in [2.45, 2.75) is 64.3 Å². The van der Waals surface area contributed by atoms with Crippen molar-refractivity contribution in [1.29, 1.82) is 0 Å². The first-order chi connectivity index (χ1) is 13.0. The molecule has 1 atom stereocenters. The van der Waals surface area contributed by atoms with Gasteiger partial charge in [-0.2, -0.15) is 0 Å². The fourth-order valence-corrected chi connectivity index (χ4v) is 3.29. The molecule has 3 N–H and O–H groups in total. The van der Waals surface area contributed by atoms with Gasteiger partial charge in [-0.3, -0.25) is 4.79 Å². The molecule has 1 aromatic heterocycles. The second-order valence-corrected chi connectivity index (χ2v) is 7.32. The van der Waals surface area contributed by atoms with Gasteiger partial charge >= 0.3 is 0 Å². The molecule has 0 radical (unpaired) electrons. The van der Waals surface area contributed by atoms with E-state index in [1.807, 2.05) is 4.90 Å². The minimum atomic E-state index is -2.30. The van der Waals surface area contributed by atoms with E-state index in [0.717, 1.165) is 56.7 Å². The first kappa shape index (κ1) is 21.7. The number of hydrogen-bond donors (Lipinski definition) is 2. The van der Waals surface area contributed by atoms with E-state index in [0.29, 0.717) is 19.5 Å². The summed E-state index contributed by atoms with van der Waals surface area (Å²) in [6.45, 7) is 4.10. The minimum Gasteiger partial charge on any atom is -0.370 e. The molecule has 0 aliphatic carbocycles. The van der Waals surface area contributed by atoms with Crippen molar-refractivity contribution in [1.82, 2.24) is 9.88 Å². The van der Waals surface area contributed by atoms with Gasteiger partial charge in [-0.05, 0) is 63.6 Å². The maximum Gasteiger partial charge on any atom is 0.239 e. The molecule has 2 rings (SSSR count). The number of nitrogens with zero attached hydrogens (tertiary/aromatic N) is 2. The molecule has 27 heavy (non-hydrogen) atoms. The highest BCUT2D eigenvalue weighted by Crippen LogP contribution is 2.20. The van der Waals surface area contributed by atoms with Gasteiger partial charge in [-0.25, -0.2) is 13.8 Å². The second-order valence-electron chi connectivity index (χ2n) is 7.32. The summed E-state index contributed by atoms with van der Waals surface area (Å²) in [5.74, 6) is 0.950. The lowest BCUT2D eigenvalue weighted by Gasteiger charge is -2.23. The van der Waals surface area contributed by atoms with Crippen LogP contribution in [0.3, 0.4) is 0 Å². The Bertz CT molecular complexity index is 597. The van der Waals surface area contributed by atoms with Crippen molar-refractivity contribution in [3.05, 3.63) is 23.4 Å². The van der Waals surface area contributed by atoms with Crippen LogP contribution >= 0.6 is 0 Å². The lowest BCUT2D eigenvalue weighted by Crippen LogP contribution is -2.35. The number of carbonyl (C=O) groups is 1. The molecule has 152 valence electrons. The van der Waals surface area contributed by atoms with Crippen molar-refractivity contribution < 1.29 is 13.6 Å². The van der Waals surface area contributed by atoms with Crippen LogP contribution in [0.2, 0.25) is 0 Å². The maximum absolute atomic E-state index is 12.6. The normalized spacial score (nSPS) is 14.9. The highest BCUT2D eigenvalue weighted by atomic mass is 19.3. The van der Waals surface area contributed by atoms with Gasteiger partial charge in [0, 0.05) is 31.7 Å². The second kappa shape index (κ2) is 11.3. The average molecular weight is 382 g/mol. The Kier molecular flexibility index (Phi) is 9.07. The average Bonchev–Trinajstić information content (AvgIpc) is 2.65. The van der Waals surface area contributed by atoms with Crippen LogP contribution < -0.4 is 11.1 Å². The smallest absolute Gasteiger partial charge is 0.239 e. The topological polar surface area (TPSA) is 71.2 Å². The Morgan fingerprint density at radius 3 is 2.78 bits per heavy atom. The standard InChI is InChI=1S/C20H32F2N4O/c1-15(27)18(23)9-13-26(14-10-19(21)22)12-3-2-6-17-8-7-16-5-4-11-24-20(16)25-17/h7-8,18-19H,2-6,9-14,23H2,1H3,(H,24,25). The lowest BCUT2D eigenvalue weighted by molar-refractivity contribution is -0.118. The number of fused-ring (bicyclic) bond motifs is 1. The van der Waals surface area contributed by atoms with E-state index in [2.05, 4.69) is 17.4 Å². The van der Waals surface area contributed by atoms with E-state index >= 15 is 0 Å². The van der Waals surface area contributed by atoms with Crippen LogP contribution in [-0.4, -0.2) is 54.3 Å². The summed E-state index contributed by atoms with van der Waals surface area (Å²) in [5.41, 5.74) is 8.12. The molecule has 0 aromatic carbocycles. The zero-order chi connectivity index (χ0) is 19.6. The van der Waals surface area contributed by atoms with E-state index in [1.54, 1.807) is 0 Å². The third kappa shape index (κ3) is 7.89. The molecule has 1 unspecified atom stereocenters. The number of halogens is 2. The Balaban J connectivity index is 1.75. The van der Waals surface area contributed by atoms with E-state index < -0.39 is 12.5 Å². The summed E-state index contributed by atoms with van der Waals surface area (Å²) in [4.78, 5) is 18.0. The van der Waals surface area contributed by atoms with Crippen molar-refractivity contribution in [2.24, 2.45) is 5.73 Å². The number of unbranched alkanes of at least 4 members (excludes halogenated alkanes) is 1. The van der Waals surface area contributed by atoms with Gasteiger partial charge in [0.15, 0.2) is 0 Å². The van der Waals surface area contributed by atoms with Crippen molar-refractivity contribution in [3.8, 4) is 0 Å². The molecule has 2 heterocycles. The Morgan fingerprint density at radius 1 is 1.26 bits per heavy atom. The molecule has 1 aliphatic rings. The summed E-state index contributed by atoms with van der Waals surface area (Å²) in [5, 5.41) is 3.35. The predicted molar refractivity (Wildman–Crippen MR) is 104 cm³/mol. The highest BCUT2D eigenvalue weighted by Gasteiger charge is 2.14. The summed E-state index contributed by atoms with van der Waals surface area (Å²) in [6, 6.07) is 3.74. The summed E-state index contributed by atoms with van der Waals surface area (Å²) in [6.07, 6.45) is 3.03. The number of aromatic nitrogens is 1. The number of aryl methyl sites for hydroxylation is 2. The molecular weight excluding hydrogens is 350 g/mol. The SMILES string of the molecule is CC(=O)C(N)CCN(CCCCc1ccc2c(n1)NCCC2)CCC(F)F. The van der Waals surface area contributed by atoms with Crippen LogP contribution in [0.4, 0.5) is 14.6 Å². The molecule has 0 spiro atoms. The molecule has 5 nitrogen and oxygen atoms in total. The van der Waals surface area contributed by atoms with Crippen molar-refractivity contribution in [2.75, 3.05) is 31.5 Å². The third-order valence-electron chi connectivity index (χ3n) is 5.05. The molecular formula is C20H32F2N4O. The zero-order valence-corrected chi connectivity index (χ0v) is 16.2. The van der Waals surface area contributed by atoms with Gasteiger partial charge in [-0.1, -0.05) is 6.07 Å². The molecule has 7 heteroatoms. The van der Waals surface area contributed by atoms with Crippen LogP contribution in [0, 0.1) is 0 Å². The third-order valence-corrected chi connectivity index (χ3v) is 5.05. The number of carbonyl (C=O) groups excluding carboxylic acids is 1. The summed E-state index contributed by atoms with van der Waals surface area (Å²) < 4.78 is 25.1. The molecule has 1 aromatic rings. The molecule has 0 saturated carbocycles. The number of hydrogen-bond acceptors (Lipinski definition) is 5. The Labute approximate surface area is 160 Å². The number of nitrogens with one attached hydrogen (secondary N) is 1. The summed E-state index contributed by atoms with van der Waals surface area (Å²) in [7, 11) is 0. The van der Waals surface area contributed by atoms with Crippen LogP contribution in [0.1, 0.15) is 50.3 Å². The molecule has 0 amide bonds. The number of ketones is 1. The molecule has 0 saturated heterocycles.